The van der Waals surface area contributed by atoms with Gasteiger partial charge in [-0.25, -0.2) is 4.98 Å². The second-order valence-corrected chi connectivity index (χ2v) is 4.64. The summed E-state index contributed by atoms with van der Waals surface area (Å²) in [5.41, 5.74) is 2.49. The van der Waals surface area contributed by atoms with Crippen LogP contribution in [-0.2, 0) is 6.61 Å². The quantitative estimate of drug-likeness (QED) is 0.931. The van der Waals surface area contributed by atoms with Gasteiger partial charge in [-0.1, -0.05) is 0 Å². The molecule has 2 heterocycles. The van der Waals surface area contributed by atoms with E-state index in [0.29, 0.717) is 28.7 Å². The smallest absolute Gasteiger partial charge is 0.231 e. The van der Waals surface area contributed by atoms with Crippen molar-refractivity contribution in [2.24, 2.45) is 0 Å². The molecule has 104 valence electrons. The Morgan fingerprint density at radius 2 is 2.00 bits per heavy atom. The van der Waals surface area contributed by atoms with Gasteiger partial charge in [0.15, 0.2) is 11.5 Å². The van der Waals surface area contributed by atoms with Gasteiger partial charge in [0.05, 0.1) is 6.61 Å². The molecule has 1 aliphatic heterocycles. The lowest BCUT2D eigenvalue weighted by molar-refractivity contribution is 0.174. The van der Waals surface area contributed by atoms with Gasteiger partial charge < -0.3 is 19.3 Å². The predicted octanol–water partition coefficient (Wildman–Crippen LogP) is 2.71. The zero-order valence-electron chi connectivity index (χ0n) is 11.3. The van der Waals surface area contributed by atoms with E-state index in [0.717, 1.165) is 11.3 Å². The zero-order chi connectivity index (χ0) is 14.1. The molecule has 20 heavy (non-hydrogen) atoms. The summed E-state index contributed by atoms with van der Waals surface area (Å²) >= 11 is 0. The van der Waals surface area contributed by atoms with Gasteiger partial charge in [0, 0.05) is 17.3 Å². The topological polar surface area (TPSA) is 60.8 Å². The number of aromatic nitrogens is 1. The van der Waals surface area contributed by atoms with Gasteiger partial charge in [0.25, 0.3) is 0 Å². The van der Waals surface area contributed by atoms with Gasteiger partial charge in [0.2, 0.25) is 12.7 Å². The van der Waals surface area contributed by atoms with E-state index >= 15 is 0 Å². The van der Waals surface area contributed by atoms with E-state index in [1.807, 2.05) is 19.9 Å². The largest absolute Gasteiger partial charge is 0.454 e. The summed E-state index contributed by atoms with van der Waals surface area (Å²) < 4.78 is 16.3. The molecule has 2 aromatic rings. The van der Waals surface area contributed by atoms with Crippen LogP contribution in [0, 0.1) is 13.8 Å². The highest BCUT2D eigenvalue weighted by atomic mass is 16.7. The summed E-state index contributed by atoms with van der Waals surface area (Å²) in [6.45, 7) is 3.93. The lowest BCUT2D eigenvalue weighted by atomic mass is 10.1. The van der Waals surface area contributed by atoms with Crippen LogP contribution in [0.25, 0.3) is 0 Å². The van der Waals surface area contributed by atoms with E-state index in [4.69, 9.17) is 14.2 Å². The van der Waals surface area contributed by atoms with Crippen molar-refractivity contribution in [3.63, 3.8) is 0 Å². The average molecular weight is 273 g/mol. The van der Waals surface area contributed by atoms with Crippen molar-refractivity contribution in [1.82, 2.24) is 4.98 Å². The third-order valence-electron chi connectivity index (χ3n) is 3.15. The third-order valence-corrected chi connectivity index (χ3v) is 3.15. The van der Waals surface area contributed by atoms with Crippen LogP contribution in [0.15, 0.2) is 24.3 Å². The Balaban J connectivity index is 1.95. The first-order valence-corrected chi connectivity index (χ1v) is 6.33. The average Bonchev–Trinajstić information content (AvgIpc) is 2.85. The van der Waals surface area contributed by atoms with E-state index in [2.05, 4.69) is 4.98 Å². The van der Waals surface area contributed by atoms with E-state index in [1.54, 1.807) is 18.2 Å². The fourth-order valence-electron chi connectivity index (χ4n) is 2.16. The van der Waals surface area contributed by atoms with Crippen LogP contribution in [0.5, 0.6) is 23.1 Å². The predicted molar refractivity (Wildman–Crippen MR) is 72.3 cm³/mol. The minimum atomic E-state index is -0.112. The van der Waals surface area contributed by atoms with Gasteiger partial charge >= 0.3 is 0 Å². The fraction of sp³-hybridized carbons (Fsp3) is 0.267. The maximum atomic E-state index is 9.46. The Bertz CT molecular complexity index is 655. The number of rotatable bonds is 3. The van der Waals surface area contributed by atoms with E-state index in [1.165, 1.54) is 0 Å². The second-order valence-electron chi connectivity index (χ2n) is 4.64. The molecule has 0 aliphatic carbocycles. The molecule has 1 aromatic heterocycles. The van der Waals surface area contributed by atoms with Crippen LogP contribution >= 0.6 is 0 Å². The summed E-state index contributed by atoms with van der Waals surface area (Å²) in [5, 5.41) is 9.46. The number of nitrogens with zero attached hydrogens (tertiary/aromatic N) is 1. The molecule has 0 saturated heterocycles. The molecule has 0 spiro atoms. The first-order chi connectivity index (χ1) is 9.67. The molecule has 5 nitrogen and oxygen atoms in total. The van der Waals surface area contributed by atoms with E-state index in [9.17, 15) is 5.11 Å². The number of ether oxygens (including phenoxy) is 3. The molecule has 0 atom stereocenters. The molecule has 0 saturated carbocycles. The molecular formula is C15H15NO4. The van der Waals surface area contributed by atoms with Crippen LogP contribution in [-0.4, -0.2) is 16.9 Å². The standard InChI is InChI=1S/C15H15NO4/c1-9-5-10(2)16-15(12(9)7-17)20-11-3-4-13-14(6-11)19-8-18-13/h3-6,17H,7-8H2,1-2H3. The van der Waals surface area contributed by atoms with Crippen molar-refractivity contribution in [2.75, 3.05) is 6.79 Å². The molecule has 1 aliphatic rings. The minimum Gasteiger partial charge on any atom is -0.454 e. The van der Waals surface area contributed by atoms with Gasteiger partial charge in [0.1, 0.15) is 5.75 Å². The first-order valence-electron chi connectivity index (χ1n) is 6.33. The molecule has 3 rings (SSSR count). The zero-order valence-corrected chi connectivity index (χ0v) is 11.3. The SMILES string of the molecule is Cc1cc(C)c(CO)c(Oc2ccc3c(c2)OCO3)n1. The number of aliphatic hydroxyl groups excluding tert-OH is 1. The Labute approximate surface area is 116 Å². The second kappa shape index (κ2) is 5.02. The van der Waals surface area contributed by atoms with Crippen molar-refractivity contribution < 1.29 is 19.3 Å². The lowest BCUT2D eigenvalue weighted by Gasteiger charge is -2.12. The number of benzene rings is 1. The number of fused-ring (bicyclic) bond motifs is 1. The molecule has 0 unspecified atom stereocenters. The van der Waals surface area contributed by atoms with Crippen LogP contribution in [0.2, 0.25) is 0 Å². The number of aryl methyl sites for hydroxylation is 2. The van der Waals surface area contributed by atoms with Crippen molar-refractivity contribution in [3.05, 3.63) is 41.1 Å². The van der Waals surface area contributed by atoms with Crippen LogP contribution in [0.1, 0.15) is 16.8 Å². The van der Waals surface area contributed by atoms with E-state index < -0.39 is 0 Å². The molecule has 1 aromatic carbocycles. The Morgan fingerprint density at radius 1 is 1.20 bits per heavy atom. The fourth-order valence-corrected chi connectivity index (χ4v) is 2.16. The normalized spacial score (nSPS) is 12.6. The van der Waals surface area contributed by atoms with Crippen LogP contribution < -0.4 is 14.2 Å². The maximum absolute atomic E-state index is 9.46. The highest BCUT2D eigenvalue weighted by molar-refractivity contribution is 5.48. The van der Waals surface area contributed by atoms with Crippen molar-refractivity contribution in [1.29, 1.82) is 0 Å². The first kappa shape index (κ1) is 12.7. The van der Waals surface area contributed by atoms with E-state index in [-0.39, 0.29) is 13.4 Å². The van der Waals surface area contributed by atoms with Gasteiger partial charge in [-0.05, 0) is 37.6 Å². The number of pyridine rings is 1. The van der Waals surface area contributed by atoms with Gasteiger partial charge in [-0.15, -0.1) is 0 Å². The maximum Gasteiger partial charge on any atom is 0.231 e. The third kappa shape index (κ3) is 2.28. The summed E-state index contributed by atoms with van der Waals surface area (Å²) in [7, 11) is 0. The highest BCUT2D eigenvalue weighted by Crippen LogP contribution is 2.37. The molecule has 0 radical (unpaired) electrons. The number of aliphatic hydroxyl groups is 1. The van der Waals surface area contributed by atoms with Crippen LogP contribution in [0.3, 0.4) is 0 Å². The molecule has 5 heteroatoms. The van der Waals surface area contributed by atoms with Crippen molar-refractivity contribution in [2.45, 2.75) is 20.5 Å². The van der Waals surface area contributed by atoms with Crippen molar-refractivity contribution in [3.8, 4) is 23.1 Å². The summed E-state index contributed by atoms with van der Waals surface area (Å²) in [5.74, 6) is 2.37. The van der Waals surface area contributed by atoms with Crippen LogP contribution in [0.4, 0.5) is 0 Å². The molecule has 0 bridgehead atoms. The lowest BCUT2D eigenvalue weighted by Crippen LogP contribution is -1.99. The summed E-state index contributed by atoms with van der Waals surface area (Å²) in [4.78, 5) is 4.34. The summed E-state index contributed by atoms with van der Waals surface area (Å²) in [6, 6.07) is 7.24. The van der Waals surface area contributed by atoms with Gasteiger partial charge in [-0.2, -0.15) is 0 Å². The molecule has 0 fully saturated rings. The van der Waals surface area contributed by atoms with Crippen molar-refractivity contribution >= 4 is 0 Å². The monoisotopic (exact) mass is 273 g/mol. The summed E-state index contributed by atoms with van der Waals surface area (Å²) in [6.07, 6.45) is 0. The number of hydrogen-bond acceptors (Lipinski definition) is 5. The molecule has 1 N–H and O–H groups in total. The highest BCUT2D eigenvalue weighted by Gasteiger charge is 2.16. The van der Waals surface area contributed by atoms with Gasteiger partial charge in [-0.3, -0.25) is 0 Å². The minimum absolute atomic E-state index is 0.112. The molecule has 0 amide bonds. The Morgan fingerprint density at radius 3 is 2.80 bits per heavy atom. The Hall–Kier alpha value is -2.27. The molecular weight excluding hydrogens is 258 g/mol. The number of hydrogen-bond donors (Lipinski definition) is 1. The Kier molecular flexibility index (Phi) is 3.20.